The van der Waals surface area contributed by atoms with Gasteiger partial charge in [0, 0.05) is 12.2 Å². The van der Waals surface area contributed by atoms with Crippen LogP contribution in [0.4, 0.5) is 5.82 Å². The molecule has 0 saturated heterocycles. The summed E-state index contributed by atoms with van der Waals surface area (Å²) < 4.78 is 6.11. The summed E-state index contributed by atoms with van der Waals surface area (Å²) in [6.07, 6.45) is 1.73. The minimum absolute atomic E-state index is 0.107. The maximum absolute atomic E-state index is 11.1. The lowest BCUT2D eigenvalue weighted by molar-refractivity contribution is 0.0697. The lowest BCUT2D eigenvalue weighted by atomic mass is 10.1. The summed E-state index contributed by atoms with van der Waals surface area (Å²) in [6.45, 7) is 1.99. The number of hydrogen-bond donors (Lipinski definition) is 2. The van der Waals surface area contributed by atoms with E-state index in [1.54, 1.807) is 54.7 Å². The first-order valence-electron chi connectivity index (χ1n) is 9.70. The van der Waals surface area contributed by atoms with Crippen LogP contribution in [0.5, 0.6) is 11.5 Å². The molecule has 0 aliphatic carbocycles. The zero-order valence-electron chi connectivity index (χ0n) is 16.7. The fourth-order valence-corrected chi connectivity index (χ4v) is 3.32. The fourth-order valence-electron chi connectivity index (χ4n) is 3.32. The minimum Gasteiger partial charge on any atom is -0.478 e. The van der Waals surface area contributed by atoms with Crippen molar-refractivity contribution in [3.63, 3.8) is 0 Å². The summed E-state index contributed by atoms with van der Waals surface area (Å²) in [6, 6.07) is 23.4. The maximum Gasteiger partial charge on any atom is 0.335 e. The molecule has 3 aromatic carbocycles. The Morgan fingerprint density at radius 3 is 2.48 bits per heavy atom. The highest BCUT2D eigenvalue weighted by atomic mass is 16.5. The molecule has 0 unspecified atom stereocenters. The van der Waals surface area contributed by atoms with Crippen LogP contribution in [0, 0.1) is 11.3 Å². The predicted molar refractivity (Wildman–Crippen MR) is 118 cm³/mol. The third kappa shape index (κ3) is 4.31. The van der Waals surface area contributed by atoms with E-state index in [0.29, 0.717) is 22.9 Å². The lowest BCUT2D eigenvalue weighted by Gasteiger charge is -2.18. The third-order valence-corrected chi connectivity index (χ3v) is 4.98. The molecule has 0 fully saturated rings. The van der Waals surface area contributed by atoms with Gasteiger partial charge in [-0.25, -0.2) is 9.78 Å². The molecule has 0 aliphatic heterocycles. The number of carboxylic acid groups (broad SMARTS) is 1. The second-order valence-electron chi connectivity index (χ2n) is 7.05. The summed E-state index contributed by atoms with van der Waals surface area (Å²) in [5, 5.41) is 23.3. The van der Waals surface area contributed by atoms with E-state index >= 15 is 0 Å². The zero-order chi connectivity index (χ0) is 21.8. The van der Waals surface area contributed by atoms with Gasteiger partial charge in [-0.05, 0) is 66.4 Å². The van der Waals surface area contributed by atoms with E-state index in [2.05, 4.69) is 16.4 Å². The minimum atomic E-state index is -0.951. The molecule has 0 amide bonds. The molecule has 2 N–H and O–H groups in total. The SMILES string of the molecule is C[C@H](Nc1nccc2cccc(Oc3ccc(C#N)cc3)c12)c1ccc(C(=O)O)cc1. The van der Waals surface area contributed by atoms with Crippen molar-refractivity contribution < 1.29 is 14.6 Å². The van der Waals surface area contributed by atoms with Crippen LogP contribution in [0.3, 0.4) is 0 Å². The molecule has 6 nitrogen and oxygen atoms in total. The fraction of sp³-hybridized carbons (Fsp3) is 0.0800. The van der Waals surface area contributed by atoms with E-state index in [9.17, 15) is 4.79 Å². The number of carboxylic acids is 1. The number of carbonyl (C=O) groups is 1. The van der Waals surface area contributed by atoms with E-state index < -0.39 is 5.97 Å². The van der Waals surface area contributed by atoms with Crippen molar-refractivity contribution >= 4 is 22.6 Å². The van der Waals surface area contributed by atoms with Crippen molar-refractivity contribution in [1.82, 2.24) is 4.98 Å². The highest BCUT2D eigenvalue weighted by Crippen LogP contribution is 2.35. The predicted octanol–water partition coefficient (Wildman–Crippen LogP) is 5.77. The Labute approximate surface area is 179 Å². The van der Waals surface area contributed by atoms with Crippen LogP contribution in [-0.2, 0) is 0 Å². The Kier molecular flexibility index (Phi) is 5.50. The molecule has 4 rings (SSSR count). The molecule has 152 valence electrons. The van der Waals surface area contributed by atoms with Crippen LogP contribution in [0.1, 0.15) is 34.5 Å². The van der Waals surface area contributed by atoms with Gasteiger partial charge in [0.2, 0.25) is 0 Å². The second-order valence-corrected chi connectivity index (χ2v) is 7.05. The van der Waals surface area contributed by atoms with Crippen molar-refractivity contribution in [3.8, 4) is 17.6 Å². The summed E-state index contributed by atoms with van der Waals surface area (Å²) in [5.41, 5.74) is 1.75. The summed E-state index contributed by atoms with van der Waals surface area (Å²) in [4.78, 5) is 15.6. The van der Waals surface area contributed by atoms with Crippen LogP contribution < -0.4 is 10.1 Å². The Balaban J connectivity index is 1.66. The van der Waals surface area contributed by atoms with Gasteiger partial charge >= 0.3 is 5.97 Å². The zero-order valence-corrected chi connectivity index (χ0v) is 16.7. The highest BCUT2D eigenvalue weighted by molar-refractivity contribution is 5.97. The van der Waals surface area contributed by atoms with Gasteiger partial charge in [-0.1, -0.05) is 24.3 Å². The molecule has 0 radical (unpaired) electrons. The average molecular weight is 409 g/mol. The number of hydrogen-bond acceptors (Lipinski definition) is 5. The Hall–Kier alpha value is -4.37. The van der Waals surface area contributed by atoms with Gasteiger partial charge in [-0.2, -0.15) is 5.26 Å². The number of aromatic nitrogens is 1. The summed E-state index contributed by atoms with van der Waals surface area (Å²) >= 11 is 0. The number of anilines is 1. The summed E-state index contributed by atoms with van der Waals surface area (Å²) in [7, 11) is 0. The van der Waals surface area contributed by atoms with Gasteiger partial charge in [0.05, 0.1) is 22.6 Å². The molecule has 0 saturated carbocycles. The van der Waals surface area contributed by atoms with Crippen LogP contribution >= 0.6 is 0 Å². The first-order valence-corrected chi connectivity index (χ1v) is 9.70. The van der Waals surface area contributed by atoms with Gasteiger partial charge in [-0.3, -0.25) is 0 Å². The van der Waals surface area contributed by atoms with Gasteiger partial charge in [-0.15, -0.1) is 0 Å². The molecular weight excluding hydrogens is 390 g/mol. The smallest absolute Gasteiger partial charge is 0.335 e. The van der Waals surface area contributed by atoms with Crippen molar-refractivity contribution in [2.75, 3.05) is 5.32 Å². The lowest BCUT2D eigenvalue weighted by Crippen LogP contribution is -2.09. The molecule has 1 heterocycles. The highest BCUT2D eigenvalue weighted by Gasteiger charge is 2.14. The average Bonchev–Trinajstić information content (AvgIpc) is 2.80. The first-order chi connectivity index (χ1) is 15.0. The van der Waals surface area contributed by atoms with E-state index in [4.69, 9.17) is 15.1 Å². The van der Waals surface area contributed by atoms with E-state index in [1.807, 2.05) is 31.2 Å². The number of pyridine rings is 1. The van der Waals surface area contributed by atoms with Crippen molar-refractivity contribution in [3.05, 3.63) is 95.7 Å². The van der Waals surface area contributed by atoms with Gasteiger partial charge in [0.25, 0.3) is 0 Å². The monoisotopic (exact) mass is 409 g/mol. The van der Waals surface area contributed by atoms with Crippen molar-refractivity contribution in [1.29, 1.82) is 5.26 Å². The molecule has 1 atom stereocenters. The number of nitriles is 1. The van der Waals surface area contributed by atoms with Gasteiger partial charge in [0.15, 0.2) is 0 Å². The Morgan fingerprint density at radius 2 is 1.81 bits per heavy atom. The number of ether oxygens (including phenoxy) is 1. The molecule has 0 spiro atoms. The number of nitrogens with one attached hydrogen (secondary N) is 1. The van der Waals surface area contributed by atoms with Crippen LogP contribution in [0.15, 0.2) is 79.0 Å². The van der Waals surface area contributed by atoms with Gasteiger partial charge < -0.3 is 15.2 Å². The molecule has 6 heteroatoms. The number of aromatic carboxylic acids is 1. The number of fused-ring (bicyclic) bond motifs is 1. The van der Waals surface area contributed by atoms with E-state index in [1.165, 1.54) is 0 Å². The van der Waals surface area contributed by atoms with Crippen LogP contribution in [0.2, 0.25) is 0 Å². The van der Waals surface area contributed by atoms with Crippen molar-refractivity contribution in [2.24, 2.45) is 0 Å². The molecular formula is C25H19N3O3. The largest absolute Gasteiger partial charge is 0.478 e. The standard InChI is InChI=1S/C25H19N3O3/c1-16(18-7-9-20(10-8-18)25(29)30)28-24-23-19(13-14-27-24)3-2-4-22(23)31-21-11-5-17(15-26)6-12-21/h2-14,16H,1H3,(H,27,28)(H,29,30)/t16-/m0/s1. The topological polar surface area (TPSA) is 95.2 Å². The van der Waals surface area contributed by atoms with Gasteiger partial charge in [0.1, 0.15) is 17.3 Å². The third-order valence-electron chi connectivity index (χ3n) is 4.98. The second kappa shape index (κ2) is 8.56. The maximum atomic E-state index is 11.1. The molecule has 31 heavy (non-hydrogen) atoms. The van der Waals surface area contributed by atoms with E-state index in [0.717, 1.165) is 16.3 Å². The Bertz CT molecular complexity index is 1270. The van der Waals surface area contributed by atoms with E-state index in [-0.39, 0.29) is 11.6 Å². The van der Waals surface area contributed by atoms with Crippen LogP contribution in [0.25, 0.3) is 10.8 Å². The van der Waals surface area contributed by atoms with Crippen LogP contribution in [-0.4, -0.2) is 16.1 Å². The first kappa shape index (κ1) is 19.9. The number of rotatable bonds is 6. The Morgan fingerprint density at radius 1 is 1.06 bits per heavy atom. The molecule has 4 aromatic rings. The number of benzene rings is 3. The molecule has 0 bridgehead atoms. The summed E-state index contributed by atoms with van der Waals surface area (Å²) in [5.74, 6) is 0.980. The quantitative estimate of drug-likeness (QED) is 0.420. The number of nitrogens with zero attached hydrogens (tertiary/aromatic N) is 2. The normalized spacial score (nSPS) is 11.5. The molecule has 1 aromatic heterocycles. The van der Waals surface area contributed by atoms with Crippen molar-refractivity contribution in [2.45, 2.75) is 13.0 Å². The molecule has 0 aliphatic rings.